The third-order valence-corrected chi connectivity index (χ3v) is 3.22. The van der Waals surface area contributed by atoms with Crippen LogP contribution in [-0.2, 0) is 16.9 Å². The van der Waals surface area contributed by atoms with Crippen LogP contribution in [-0.4, -0.2) is 8.42 Å². The quantitative estimate of drug-likeness (QED) is 0.518. The maximum atomic E-state index is 12.7. The minimum atomic E-state index is -5.09. The molecule has 2 N–H and O–H groups in total. The summed E-state index contributed by atoms with van der Waals surface area (Å²) < 4.78 is 38.2. The van der Waals surface area contributed by atoms with E-state index < -0.39 is 10.5 Å². The molecular weight excluding hydrogens is 257 g/mol. The van der Waals surface area contributed by atoms with Crippen LogP contribution >= 0.6 is 0 Å². The molecule has 6 heteroatoms. The number of hydrogen-bond donors (Lipinski definition) is 1. The summed E-state index contributed by atoms with van der Waals surface area (Å²) in [6.45, 7) is 4.96. The minimum Gasteiger partial charge on any atom is -0.398 e. The molecule has 0 saturated heterocycles. The fraction of sp³-hybridized carbons (Fsp3) is 0.333. The number of nitrogens with two attached hydrogens (primary N) is 1. The van der Waals surface area contributed by atoms with Gasteiger partial charge in [-0.25, -0.2) is 0 Å². The van der Waals surface area contributed by atoms with Crippen LogP contribution in [0.15, 0.2) is 0 Å². The Hall–Kier alpha value is -1.74. The Kier molecular flexibility index (Phi) is 3.87. The summed E-state index contributed by atoms with van der Waals surface area (Å²) in [5.74, 6) is 2.36. The van der Waals surface area contributed by atoms with Crippen molar-refractivity contribution in [1.82, 2.24) is 0 Å². The van der Waals surface area contributed by atoms with Gasteiger partial charge in [-0.15, -0.1) is 12.3 Å². The molecule has 0 atom stereocenters. The second-order valence-electron chi connectivity index (χ2n) is 3.95. The third kappa shape index (κ3) is 2.74. The molecular formula is C12H14FNO3S. The topological polar surface area (TPSA) is 69.4 Å². The van der Waals surface area contributed by atoms with Crippen LogP contribution in [0.1, 0.15) is 22.3 Å². The van der Waals surface area contributed by atoms with Gasteiger partial charge in [0.05, 0.1) is 0 Å². The molecule has 4 nitrogen and oxygen atoms in total. The van der Waals surface area contributed by atoms with E-state index in [1.54, 1.807) is 20.8 Å². The predicted molar refractivity (Wildman–Crippen MR) is 68.3 cm³/mol. The number of terminal acetylenes is 1. The maximum Gasteiger partial charge on any atom is 0.488 e. The van der Waals surface area contributed by atoms with Crippen LogP contribution in [0.2, 0.25) is 0 Å². The average Bonchev–Trinajstić information content (AvgIpc) is 2.26. The molecule has 0 aliphatic carbocycles. The van der Waals surface area contributed by atoms with E-state index in [1.807, 2.05) is 0 Å². The van der Waals surface area contributed by atoms with Crippen molar-refractivity contribution >= 4 is 16.2 Å². The van der Waals surface area contributed by atoms with Crippen molar-refractivity contribution in [3.63, 3.8) is 0 Å². The summed E-state index contributed by atoms with van der Waals surface area (Å²) in [7, 11) is -5.09. The van der Waals surface area contributed by atoms with E-state index in [2.05, 4.69) is 10.1 Å². The van der Waals surface area contributed by atoms with Crippen molar-refractivity contribution in [3.8, 4) is 18.1 Å². The highest BCUT2D eigenvalue weighted by Crippen LogP contribution is 2.35. The first-order chi connectivity index (χ1) is 8.19. The van der Waals surface area contributed by atoms with Crippen molar-refractivity contribution in [1.29, 1.82) is 0 Å². The lowest BCUT2D eigenvalue weighted by Crippen LogP contribution is -2.09. The molecule has 1 aromatic carbocycles. The zero-order valence-corrected chi connectivity index (χ0v) is 11.2. The van der Waals surface area contributed by atoms with Gasteiger partial charge in [0, 0.05) is 17.7 Å². The van der Waals surface area contributed by atoms with Crippen molar-refractivity contribution in [2.45, 2.75) is 27.2 Å². The Labute approximate surface area is 106 Å². The smallest absolute Gasteiger partial charge is 0.398 e. The van der Waals surface area contributed by atoms with Crippen LogP contribution in [0.5, 0.6) is 5.75 Å². The Morgan fingerprint density at radius 3 is 2.28 bits per heavy atom. The second-order valence-corrected chi connectivity index (χ2v) is 4.91. The van der Waals surface area contributed by atoms with Crippen LogP contribution in [0.4, 0.5) is 9.57 Å². The summed E-state index contributed by atoms with van der Waals surface area (Å²) in [6.07, 6.45) is 5.51. The molecule has 18 heavy (non-hydrogen) atoms. The van der Waals surface area contributed by atoms with E-state index in [0.29, 0.717) is 22.4 Å². The van der Waals surface area contributed by atoms with Gasteiger partial charge in [-0.05, 0) is 37.5 Å². The summed E-state index contributed by atoms with van der Waals surface area (Å²) >= 11 is 0. The van der Waals surface area contributed by atoms with Crippen LogP contribution in [0.3, 0.4) is 0 Å². The summed E-state index contributed by atoms with van der Waals surface area (Å²) in [5, 5.41) is 0. The molecule has 0 aliphatic rings. The number of benzene rings is 1. The van der Waals surface area contributed by atoms with Crippen molar-refractivity contribution < 1.29 is 16.5 Å². The zero-order valence-electron chi connectivity index (χ0n) is 10.4. The number of halogens is 1. The average molecular weight is 271 g/mol. The monoisotopic (exact) mass is 271 g/mol. The van der Waals surface area contributed by atoms with Crippen molar-refractivity contribution in [3.05, 3.63) is 22.3 Å². The Morgan fingerprint density at radius 2 is 1.83 bits per heavy atom. The van der Waals surface area contributed by atoms with Gasteiger partial charge in [-0.2, -0.15) is 8.42 Å². The molecule has 0 unspecified atom stereocenters. The normalized spacial score (nSPS) is 11.1. The highest BCUT2D eigenvalue weighted by atomic mass is 32.3. The number of rotatable bonds is 3. The molecule has 0 radical (unpaired) electrons. The summed E-state index contributed by atoms with van der Waals surface area (Å²) in [6, 6.07) is 0. The van der Waals surface area contributed by atoms with E-state index in [9.17, 15) is 12.3 Å². The lowest BCUT2D eigenvalue weighted by Gasteiger charge is -2.17. The van der Waals surface area contributed by atoms with E-state index in [1.165, 1.54) is 0 Å². The van der Waals surface area contributed by atoms with E-state index >= 15 is 0 Å². The lowest BCUT2D eigenvalue weighted by molar-refractivity contribution is 0.437. The zero-order chi connectivity index (χ0) is 14.1. The van der Waals surface area contributed by atoms with Gasteiger partial charge in [-0.3, -0.25) is 0 Å². The Morgan fingerprint density at radius 1 is 1.28 bits per heavy atom. The first-order valence-electron chi connectivity index (χ1n) is 5.14. The van der Waals surface area contributed by atoms with Crippen molar-refractivity contribution in [2.24, 2.45) is 0 Å². The first kappa shape index (κ1) is 14.3. The van der Waals surface area contributed by atoms with E-state index in [0.717, 1.165) is 5.56 Å². The third-order valence-electron chi connectivity index (χ3n) is 2.86. The molecule has 0 amide bonds. The van der Waals surface area contributed by atoms with E-state index in [-0.39, 0.29) is 12.2 Å². The molecule has 0 aliphatic heterocycles. The summed E-state index contributed by atoms with van der Waals surface area (Å²) in [5.41, 5.74) is 8.49. The van der Waals surface area contributed by atoms with Gasteiger partial charge in [0.1, 0.15) is 0 Å². The summed E-state index contributed by atoms with van der Waals surface area (Å²) in [4.78, 5) is 0. The maximum absolute atomic E-state index is 12.7. The largest absolute Gasteiger partial charge is 0.488 e. The van der Waals surface area contributed by atoms with E-state index in [4.69, 9.17) is 12.2 Å². The van der Waals surface area contributed by atoms with Crippen LogP contribution in [0, 0.1) is 33.1 Å². The van der Waals surface area contributed by atoms with Crippen molar-refractivity contribution in [2.75, 3.05) is 5.73 Å². The molecule has 1 aromatic rings. The predicted octanol–water partition coefficient (Wildman–Crippen LogP) is 1.96. The minimum absolute atomic E-state index is 0.0918. The number of nitrogen functional groups attached to an aromatic ring is 1. The van der Waals surface area contributed by atoms with Gasteiger partial charge < -0.3 is 9.92 Å². The highest BCUT2D eigenvalue weighted by Gasteiger charge is 2.20. The van der Waals surface area contributed by atoms with Gasteiger partial charge in [0.2, 0.25) is 0 Å². The highest BCUT2D eigenvalue weighted by molar-refractivity contribution is 7.81. The fourth-order valence-corrected chi connectivity index (χ4v) is 2.31. The Bertz CT molecular complexity index is 630. The molecule has 0 saturated carbocycles. The van der Waals surface area contributed by atoms with Gasteiger partial charge in [0.15, 0.2) is 5.75 Å². The molecule has 0 fully saturated rings. The molecule has 0 aromatic heterocycles. The van der Waals surface area contributed by atoms with Crippen LogP contribution < -0.4 is 9.92 Å². The lowest BCUT2D eigenvalue weighted by atomic mass is 9.94. The SMILES string of the molecule is C#CCc1c(C)c(N)c(C)c(OS(=O)(=O)F)c1C. The van der Waals surface area contributed by atoms with Gasteiger partial charge in [0.25, 0.3) is 0 Å². The Balaban J connectivity index is 3.58. The first-order valence-corrected chi connectivity index (χ1v) is 6.45. The van der Waals surface area contributed by atoms with Crippen LogP contribution in [0.25, 0.3) is 0 Å². The number of hydrogen-bond acceptors (Lipinski definition) is 4. The molecule has 1 rings (SSSR count). The fourth-order valence-electron chi connectivity index (χ4n) is 1.86. The number of anilines is 1. The molecule has 0 heterocycles. The molecule has 0 bridgehead atoms. The second kappa shape index (κ2) is 4.86. The standard InChI is InChI=1S/C12H14FNO3S/c1-5-6-10-7(2)11(14)9(4)12(8(10)3)17-18(13,15)16/h1H,6,14H2,2-4H3. The molecule has 0 spiro atoms. The van der Waals surface area contributed by atoms with Gasteiger partial charge >= 0.3 is 10.5 Å². The van der Waals surface area contributed by atoms with Gasteiger partial charge in [-0.1, -0.05) is 3.89 Å². The molecule has 98 valence electrons.